The Hall–Kier alpha value is -2.21. The molecule has 1 aromatic heterocycles. The van der Waals surface area contributed by atoms with Gasteiger partial charge in [-0.1, -0.05) is 19.1 Å². The molecule has 1 aliphatic carbocycles. The molecule has 2 heterocycles. The summed E-state index contributed by atoms with van der Waals surface area (Å²) in [5, 5.41) is 11.5. The van der Waals surface area contributed by atoms with Crippen LogP contribution >= 0.6 is 0 Å². The summed E-state index contributed by atoms with van der Waals surface area (Å²) in [6.07, 6.45) is 3.46. The number of hydrogen-bond acceptors (Lipinski definition) is 4. The third kappa shape index (κ3) is 3.06. The summed E-state index contributed by atoms with van der Waals surface area (Å²) in [4.78, 5) is 31.1. The molecule has 1 N–H and O–H groups in total. The van der Waals surface area contributed by atoms with Crippen LogP contribution in [0.3, 0.4) is 0 Å². The molecular weight excluding hydrogens is 318 g/mol. The van der Waals surface area contributed by atoms with Crippen LogP contribution in [0, 0.1) is 11.8 Å². The molecule has 6 heteroatoms. The first-order valence-corrected chi connectivity index (χ1v) is 8.92. The molecule has 25 heavy (non-hydrogen) atoms. The molecule has 0 spiro atoms. The van der Waals surface area contributed by atoms with Gasteiger partial charge >= 0.3 is 0 Å². The molecule has 1 saturated carbocycles. The predicted molar refractivity (Wildman–Crippen MR) is 94.0 cm³/mol. The minimum atomic E-state index is -0.972. The van der Waals surface area contributed by atoms with Crippen LogP contribution in [0.25, 0.3) is 10.9 Å². The van der Waals surface area contributed by atoms with Crippen molar-refractivity contribution < 1.29 is 9.90 Å². The number of hydrogen-bond donors (Lipinski definition) is 1. The molecule has 0 unspecified atom stereocenters. The maximum atomic E-state index is 12.6. The zero-order valence-electron chi connectivity index (χ0n) is 14.4. The number of nitrogens with zero attached hydrogens (tertiary/aromatic N) is 3. The fourth-order valence-electron chi connectivity index (χ4n) is 3.74. The Kier molecular flexibility index (Phi) is 3.87. The summed E-state index contributed by atoms with van der Waals surface area (Å²) in [6, 6.07) is 7.22. The molecule has 4 rings (SSSR count). The lowest BCUT2D eigenvalue weighted by molar-refractivity contribution is -0.137. The Labute approximate surface area is 146 Å². The summed E-state index contributed by atoms with van der Waals surface area (Å²) in [5.41, 5.74) is -0.445. The first-order chi connectivity index (χ1) is 12.0. The highest BCUT2D eigenvalue weighted by atomic mass is 16.3. The van der Waals surface area contributed by atoms with Gasteiger partial charge in [-0.15, -0.1) is 0 Å². The van der Waals surface area contributed by atoms with E-state index in [2.05, 4.69) is 11.9 Å². The Morgan fingerprint density at radius 1 is 1.32 bits per heavy atom. The molecule has 2 aliphatic rings. The maximum Gasteiger partial charge on any atom is 0.261 e. The van der Waals surface area contributed by atoms with E-state index in [1.54, 1.807) is 12.1 Å². The number of rotatable bonds is 3. The second-order valence-electron chi connectivity index (χ2n) is 7.56. The monoisotopic (exact) mass is 341 g/mol. The quantitative estimate of drug-likeness (QED) is 0.916. The van der Waals surface area contributed by atoms with Gasteiger partial charge in [0.15, 0.2) is 0 Å². The molecule has 6 nitrogen and oxygen atoms in total. The molecule has 1 aliphatic heterocycles. The highest BCUT2D eigenvalue weighted by Crippen LogP contribution is 2.40. The van der Waals surface area contributed by atoms with Gasteiger partial charge in [0, 0.05) is 19.0 Å². The fraction of sp³-hybridized carbons (Fsp3) is 0.526. The van der Waals surface area contributed by atoms with Gasteiger partial charge in [0.25, 0.3) is 5.56 Å². The average molecular weight is 341 g/mol. The van der Waals surface area contributed by atoms with Gasteiger partial charge in [-0.25, -0.2) is 4.98 Å². The van der Waals surface area contributed by atoms with Gasteiger partial charge in [-0.3, -0.25) is 14.2 Å². The number of para-hydroxylation sites is 1. The zero-order valence-corrected chi connectivity index (χ0v) is 14.4. The van der Waals surface area contributed by atoms with Crippen molar-refractivity contribution in [3.05, 3.63) is 40.9 Å². The summed E-state index contributed by atoms with van der Waals surface area (Å²) >= 11 is 0. The third-order valence-corrected chi connectivity index (χ3v) is 5.63. The summed E-state index contributed by atoms with van der Waals surface area (Å²) < 4.78 is 1.49. The smallest absolute Gasteiger partial charge is 0.261 e. The van der Waals surface area contributed by atoms with Gasteiger partial charge in [-0.2, -0.15) is 0 Å². The molecule has 0 bridgehead atoms. The van der Waals surface area contributed by atoms with Crippen LogP contribution in [-0.2, 0) is 11.3 Å². The van der Waals surface area contributed by atoms with Crippen molar-refractivity contribution in [2.24, 2.45) is 11.8 Å². The number of piperidine rings is 1. The van der Waals surface area contributed by atoms with Gasteiger partial charge in [0.1, 0.15) is 0 Å². The molecule has 1 aromatic carbocycles. The zero-order chi connectivity index (χ0) is 17.6. The standard InChI is InChI=1S/C19H23N3O3/c1-13-10-15(13)18(24)21-8-6-19(25,7-9-21)11-22-12-20-16-5-3-2-4-14(16)17(22)23/h2-5,12-13,15,25H,6-11H2,1H3/t13-,15+/m0/s1. The Morgan fingerprint density at radius 3 is 2.68 bits per heavy atom. The average Bonchev–Trinajstić information content (AvgIpc) is 3.34. The lowest BCUT2D eigenvalue weighted by Crippen LogP contribution is -2.50. The number of carbonyl (C=O) groups is 1. The molecule has 2 aromatic rings. The van der Waals surface area contributed by atoms with Crippen LogP contribution in [0.5, 0.6) is 0 Å². The second kappa shape index (κ2) is 5.95. The number of carbonyl (C=O) groups excluding carboxylic acids is 1. The summed E-state index contributed by atoms with van der Waals surface area (Å²) in [6.45, 7) is 3.41. The van der Waals surface area contributed by atoms with E-state index in [0.29, 0.717) is 42.8 Å². The maximum absolute atomic E-state index is 12.6. The number of benzene rings is 1. The Bertz CT molecular complexity index is 868. The highest BCUT2D eigenvalue weighted by molar-refractivity contribution is 5.81. The minimum absolute atomic E-state index is 0.135. The number of likely N-dealkylation sites (tertiary alicyclic amines) is 1. The van der Waals surface area contributed by atoms with Gasteiger partial charge in [0.2, 0.25) is 5.91 Å². The SMILES string of the molecule is C[C@H]1C[C@H]1C(=O)N1CCC(O)(Cn2cnc3ccccc3c2=O)CC1. The highest BCUT2D eigenvalue weighted by Gasteiger charge is 2.43. The molecule has 0 radical (unpaired) electrons. The van der Waals surface area contributed by atoms with Crippen molar-refractivity contribution in [1.29, 1.82) is 0 Å². The van der Waals surface area contributed by atoms with E-state index in [-0.39, 0.29) is 23.9 Å². The van der Waals surface area contributed by atoms with Crippen molar-refractivity contribution in [1.82, 2.24) is 14.5 Å². The van der Waals surface area contributed by atoms with Crippen LogP contribution in [-0.4, -0.2) is 44.2 Å². The first-order valence-electron chi connectivity index (χ1n) is 8.92. The normalized spacial score (nSPS) is 25.1. The largest absolute Gasteiger partial charge is 0.388 e. The summed E-state index contributed by atoms with van der Waals surface area (Å²) in [5.74, 6) is 0.896. The van der Waals surface area contributed by atoms with Crippen molar-refractivity contribution in [2.45, 2.75) is 38.3 Å². The molecule has 1 saturated heterocycles. The molecule has 1 amide bonds. The van der Waals surface area contributed by atoms with Crippen LogP contribution < -0.4 is 5.56 Å². The van der Waals surface area contributed by atoms with E-state index in [9.17, 15) is 14.7 Å². The first kappa shape index (κ1) is 16.3. The lowest BCUT2D eigenvalue weighted by atomic mass is 9.91. The van der Waals surface area contributed by atoms with Crippen molar-refractivity contribution in [3.8, 4) is 0 Å². The Balaban J connectivity index is 1.47. The molecule has 2 fully saturated rings. The van der Waals surface area contributed by atoms with Crippen LogP contribution in [0.1, 0.15) is 26.2 Å². The minimum Gasteiger partial charge on any atom is -0.388 e. The van der Waals surface area contributed by atoms with Gasteiger partial charge < -0.3 is 10.0 Å². The van der Waals surface area contributed by atoms with E-state index in [0.717, 1.165) is 6.42 Å². The van der Waals surface area contributed by atoms with E-state index in [1.165, 1.54) is 10.9 Å². The fourth-order valence-corrected chi connectivity index (χ4v) is 3.74. The van der Waals surface area contributed by atoms with E-state index in [1.807, 2.05) is 17.0 Å². The lowest BCUT2D eigenvalue weighted by Gasteiger charge is -2.38. The number of aliphatic hydroxyl groups is 1. The van der Waals surface area contributed by atoms with Crippen molar-refractivity contribution in [2.75, 3.05) is 13.1 Å². The van der Waals surface area contributed by atoms with Crippen molar-refractivity contribution in [3.63, 3.8) is 0 Å². The number of amides is 1. The predicted octanol–water partition coefficient (Wildman–Crippen LogP) is 1.41. The second-order valence-corrected chi connectivity index (χ2v) is 7.56. The summed E-state index contributed by atoms with van der Waals surface area (Å²) in [7, 11) is 0. The Morgan fingerprint density at radius 2 is 2.00 bits per heavy atom. The number of aromatic nitrogens is 2. The van der Waals surface area contributed by atoms with Gasteiger partial charge in [0.05, 0.1) is 29.4 Å². The van der Waals surface area contributed by atoms with E-state index >= 15 is 0 Å². The van der Waals surface area contributed by atoms with Crippen molar-refractivity contribution >= 4 is 16.8 Å². The van der Waals surface area contributed by atoms with E-state index in [4.69, 9.17) is 0 Å². The van der Waals surface area contributed by atoms with E-state index < -0.39 is 5.60 Å². The molecule has 2 atom stereocenters. The van der Waals surface area contributed by atoms with Crippen LogP contribution in [0.2, 0.25) is 0 Å². The van der Waals surface area contributed by atoms with Gasteiger partial charge in [-0.05, 0) is 37.3 Å². The van der Waals surface area contributed by atoms with Crippen LogP contribution in [0.15, 0.2) is 35.4 Å². The van der Waals surface area contributed by atoms with Crippen LogP contribution in [0.4, 0.5) is 0 Å². The molecule has 132 valence electrons. The molecular formula is C19H23N3O3. The third-order valence-electron chi connectivity index (χ3n) is 5.63. The topological polar surface area (TPSA) is 75.4 Å². The number of fused-ring (bicyclic) bond motifs is 1.